The fraction of sp³-hybridized carbons (Fsp3) is 0.462. The Balaban J connectivity index is 2.54. The molecule has 1 atom stereocenters. The molecule has 0 bridgehead atoms. The summed E-state index contributed by atoms with van der Waals surface area (Å²) in [5.74, 6) is -1.08. The van der Waals surface area contributed by atoms with Gasteiger partial charge in [-0.15, -0.1) is 0 Å². The van der Waals surface area contributed by atoms with E-state index in [0.717, 1.165) is 5.56 Å². The molecular formula is C13H18N2O3. The summed E-state index contributed by atoms with van der Waals surface area (Å²) in [6, 6.07) is 2.70. The lowest BCUT2D eigenvalue weighted by molar-refractivity contribution is -0.142. The van der Waals surface area contributed by atoms with Crippen LogP contribution in [0.25, 0.3) is 0 Å². The van der Waals surface area contributed by atoms with Gasteiger partial charge in [0, 0.05) is 12.4 Å². The van der Waals surface area contributed by atoms with Gasteiger partial charge >= 0.3 is 5.97 Å². The summed E-state index contributed by atoms with van der Waals surface area (Å²) in [5.41, 5.74) is 0.767. The minimum atomic E-state index is -0.997. The molecule has 0 fully saturated rings. The largest absolute Gasteiger partial charge is 0.480 e. The zero-order valence-electron chi connectivity index (χ0n) is 10.6. The molecule has 0 radical (unpaired) electrons. The zero-order valence-corrected chi connectivity index (χ0v) is 10.6. The monoisotopic (exact) mass is 250 g/mol. The van der Waals surface area contributed by atoms with Crippen molar-refractivity contribution < 1.29 is 14.7 Å². The SMILES string of the molecule is CC(C)C[C@@H](NC(=O)Cc1cccnc1)C(=O)O. The molecule has 1 aromatic heterocycles. The summed E-state index contributed by atoms with van der Waals surface area (Å²) in [6.07, 6.45) is 3.79. The third kappa shape index (κ3) is 4.95. The standard InChI is InChI=1S/C13H18N2O3/c1-9(2)6-11(13(17)18)15-12(16)7-10-4-3-5-14-8-10/h3-5,8-9,11H,6-7H2,1-2H3,(H,15,16)(H,17,18)/t11-/m1/s1. The van der Waals surface area contributed by atoms with E-state index in [1.165, 1.54) is 0 Å². The normalized spacial score (nSPS) is 12.2. The van der Waals surface area contributed by atoms with E-state index >= 15 is 0 Å². The van der Waals surface area contributed by atoms with Gasteiger partial charge < -0.3 is 10.4 Å². The first-order valence-corrected chi connectivity index (χ1v) is 5.90. The van der Waals surface area contributed by atoms with Crippen LogP contribution in [0, 0.1) is 5.92 Å². The molecule has 1 rings (SSSR count). The third-order valence-electron chi connectivity index (χ3n) is 2.43. The van der Waals surface area contributed by atoms with Gasteiger partial charge in [0.15, 0.2) is 0 Å². The summed E-state index contributed by atoms with van der Waals surface area (Å²) in [4.78, 5) is 26.6. The summed E-state index contributed by atoms with van der Waals surface area (Å²) in [7, 11) is 0. The van der Waals surface area contributed by atoms with E-state index in [1.807, 2.05) is 13.8 Å². The summed E-state index contributed by atoms with van der Waals surface area (Å²) in [5, 5.41) is 11.5. The number of amides is 1. The first-order chi connectivity index (χ1) is 8.49. The fourth-order valence-electron chi connectivity index (χ4n) is 1.63. The second-order valence-electron chi connectivity index (χ2n) is 4.63. The average molecular weight is 250 g/mol. The Kier molecular flexibility index (Phi) is 5.30. The Labute approximate surface area is 106 Å². The molecule has 0 spiro atoms. The van der Waals surface area contributed by atoms with Gasteiger partial charge in [0.25, 0.3) is 0 Å². The van der Waals surface area contributed by atoms with Crippen molar-refractivity contribution in [2.45, 2.75) is 32.7 Å². The van der Waals surface area contributed by atoms with Crippen molar-refractivity contribution in [3.63, 3.8) is 0 Å². The molecule has 5 nitrogen and oxygen atoms in total. The quantitative estimate of drug-likeness (QED) is 0.796. The number of pyridine rings is 1. The van der Waals surface area contributed by atoms with Crippen LogP contribution in [0.1, 0.15) is 25.8 Å². The van der Waals surface area contributed by atoms with Crippen molar-refractivity contribution in [2.24, 2.45) is 5.92 Å². The molecule has 18 heavy (non-hydrogen) atoms. The zero-order chi connectivity index (χ0) is 13.5. The van der Waals surface area contributed by atoms with Crippen LogP contribution in [-0.2, 0) is 16.0 Å². The number of hydrogen-bond acceptors (Lipinski definition) is 3. The molecule has 0 aromatic carbocycles. The first-order valence-electron chi connectivity index (χ1n) is 5.90. The number of carbonyl (C=O) groups excluding carboxylic acids is 1. The van der Waals surface area contributed by atoms with E-state index in [2.05, 4.69) is 10.3 Å². The number of carboxylic acid groups (broad SMARTS) is 1. The lowest BCUT2D eigenvalue weighted by Crippen LogP contribution is -2.42. The summed E-state index contributed by atoms with van der Waals surface area (Å²) < 4.78 is 0. The van der Waals surface area contributed by atoms with Crippen molar-refractivity contribution in [3.05, 3.63) is 30.1 Å². The second kappa shape index (κ2) is 6.74. The van der Waals surface area contributed by atoms with Gasteiger partial charge in [0.2, 0.25) is 5.91 Å². The highest BCUT2D eigenvalue weighted by Gasteiger charge is 2.20. The van der Waals surface area contributed by atoms with Crippen LogP contribution in [-0.4, -0.2) is 28.0 Å². The number of aromatic nitrogens is 1. The number of nitrogens with zero attached hydrogens (tertiary/aromatic N) is 1. The van der Waals surface area contributed by atoms with Crippen LogP contribution >= 0.6 is 0 Å². The van der Waals surface area contributed by atoms with Crippen molar-refractivity contribution in [3.8, 4) is 0 Å². The Morgan fingerprint density at radius 3 is 2.67 bits per heavy atom. The minimum Gasteiger partial charge on any atom is -0.480 e. The van der Waals surface area contributed by atoms with Gasteiger partial charge in [0.05, 0.1) is 6.42 Å². The van der Waals surface area contributed by atoms with E-state index in [0.29, 0.717) is 6.42 Å². The third-order valence-corrected chi connectivity index (χ3v) is 2.43. The molecule has 98 valence electrons. The van der Waals surface area contributed by atoms with Crippen molar-refractivity contribution in [1.29, 1.82) is 0 Å². The molecular weight excluding hydrogens is 232 g/mol. The molecule has 0 saturated carbocycles. The molecule has 2 N–H and O–H groups in total. The number of aliphatic carboxylic acids is 1. The van der Waals surface area contributed by atoms with E-state index in [1.54, 1.807) is 24.5 Å². The van der Waals surface area contributed by atoms with Crippen LogP contribution < -0.4 is 5.32 Å². The van der Waals surface area contributed by atoms with Gasteiger partial charge in [-0.25, -0.2) is 4.79 Å². The number of nitrogens with one attached hydrogen (secondary N) is 1. The molecule has 0 aliphatic rings. The first kappa shape index (κ1) is 14.2. The van der Waals surface area contributed by atoms with Gasteiger partial charge in [0.1, 0.15) is 6.04 Å². The fourth-order valence-corrected chi connectivity index (χ4v) is 1.63. The summed E-state index contributed by atoms with van der Waals surface area (Å²) in [6.45, 7) is 3.84. The van der Waals surface area contributed by atoms with Crippen LogP contribution in [0.2, 0.25) is 0 Å². The maximum atomic E-state index is 11.7. The molecule has 0 saturated heterocycles. The maximum absolute atomic E-state index is 11.7. The minimum absolute atomic E-state index is 0.149. The highest BCUT2D eigenvalue weighted by molar-refractivity contribution is 5.84. The van der Waals surface area contributed by atoms with E-state index in [9.17, 15) is 9.59 Å². The molecule has 5 heteroatoms. The second-order valence-corrected chi connectivity index (χ2v) is 4.63. The Bertz CT molecular complexity index is 404. The lowest BCUT2D eigenvalue weighted by Gasteiger charge is -2.16. The molecule has 0 unspecified atom stereocenters. The van der Waals surface area contributed by atoms with Gasteiger partial charge in [-0.2, -0.15) is 0 Å². The Morgan fingerprint density at radius 1 is 1.44 bits per heavy atom. The van der Waals surface area contributed by atoms with Crippen LogP contribution in [0.5, 0.6) is 0 Å². The molecule has 1 amide bonds. The predicted molar refractivity (Wildman–Crippen MR) is 67.0 cm³/mol. The molecule has 1 aromatic rings. The van der Waals surface area contributed by atoms with E-state index < -0.39 is 12.0 Å². The topological polar surface area (TPSA) is 79.3 Å². The highest BCUT2D eigenvalue weighted by atomic mass is 16.4. The summed E-state index contributed by atoms with van der Waals surface area (Å²) >= 11 is 0. The highest BCUT2D eigenvalue weighted by Crippen LogP contribution is 2.05. The Hall–Kier alpha value is -1.91. The van der Waals surface area contributed by atoms with Crippen LogP contribution in [0.3, 0.4) is 0 Å². The van der Waals surface area contributed by atoms with Gasteiger partial charge in [-0.3, -0.25) is 9.78 Å². The van der Waals surface area contributed by atoms with Crippen molar-refractivity contribution in [1.82, 2.24) is 10.3 Å². The van der Waals surface area contributed by atoms with Crippen molar-refractivity contribution in [2.75, 3.05) is 0 Å². The number of carboxylic acids is 1. The van der Waals surface area contributed by atoms with Crippen LogP contribution in [0.15, 0.2) is 24.5 Å². The maximum Gasteiger partial charge on any atom is 0.326 e. The molecule has 0 aliphatic heterocycles. The average Bonchev–Trinajstić information content (AvgIpc) is 2.28. The number of rotatable bonds is 6. The predicted octanol–water partition coefficient (Wildman–Crippen LogP) is 1.24. The van der Waals surface area contributed by atoms with Crippen LogP contribution in [0.4, 0.5) is 0 Å². The number of carbonyl (C=O) groups is 2. The molecule has 1 heterocycles. The Morgan fingerprint density at radius 2 is 2.17 bits per heavy atom. The van der Waals surface area contributed by atoms with Gasteiger partial charge in [-0.1, -0.05) is 19.9 Å². The smallest absolute Gasteiger partial charge is 0.326 e. The lowest BCUT2D eigenvalue weighted by atomic mass is 10.0. The van der Waals surface area contributed by atoms with Crippen molar-refractivity contribution >= 4 is 11.9 Å². The van der Waals surface area contributed by atoms with E-state index in [4.69, 9.17) is 5.11 Å². The molecule has 0 aliphatic carbocycles. The number of hydrogen-bond donors (Lipinski definition) is 2. The van der Waals surface area contributed by atoms with E-state index in [-0.39, 0.29) is 18.2 Å². The van der Waals surface area contributed by atoms with Gasteiger partial charge in [-0.05, 0) is 24.0 Å².